The van der Waals surface area contributed by atoms with Crippen molar-refractivity contribution < 1.29 is 13.9 Å². The van der Waals surface area contributed by atoms with Gasteiger partial charge in [0.25, 0.3) is 0 Å². The second kappa shape index (κ2) is 6.28. The van der Waals surface area contributed by atoms with Gasteiger partial charge in [-0.15, -0.1) is 0 Å². The number of carbonyl (C=O) groups excluding carboxylic acids is 1. The number of para-hydroxylation sites is 1. The molecule has 20 heavy (non-hydrogen) atoms. The highest BCUT2D eigenvalue weighted by molar-refractivity contribution is 5.70. The van der Waals surface area contributed by atoms with Crippen LogP contribution in [0.2, 0.25) is 0 Å². The lowest BCUT2D eigenvalue weighted by Gasteiger charge is -2.24. The fourth-order valence-corrected chi connectivity index (χ4v) is 1.84. The summed E-state index contributed by atoms with van der Waals surface area (Å²) in [5.41, 5.74) is 0. The average Bonchev–Trinajstić information content (AvgIpc) is 2.82. The van der Waals surface area contributed by atoms with Gasteiger partial charge in [0.1, 0.15) is 17.3 Å². The van der Waals surface area contributed by atoms with Crippen molar-refractivity contribution >= 4 is 6.09 Å². The zero-order valence-corrected chi connectivity index (χ0v) is 12.0. The maximum absolute atomic E-state index is 12.2. The number of rotatable bonds is 4. The first-order chi connectivity index (χ1) is 9.56. The third kappa shape index (κ3) is 3.63. The minimum atomic E-state index is -0.375. The quantitative estimate of drug-likeness (QED) is 0.845. The first kappa shape index (κ1) is 14.2. The molecular formula is C16H19NO3. The molecule has 4 nitrogen and oxygen atoms in total. The van der Waals surface area contributed by atoms with E-state index >= 15 is 0 Å². The highest BCUT2D eigenvalue weighted by Gasteiger charge is 2.20. The topological polar surface area (TPSA) is 42.7 Å². The second-order valence-corrected chi connectivity index (χ2v) is 4.92. The molecule has 0 aliphatic carbocycles. The monoisotopic (exact) mass is 273 g/mol. The van der Waals surface area contributed by atoms with E-state index in [1.807, 2.05) is 51.1 Å². The molecule has 0 saturated heterocycles. The Kier molecular flexibility index (Phi) is 4.45. The van der Waals surface area contributed by atoms with Crippen LogP contribution in [0.1, 0.15) is 25.4 Å². The molecule has 1 aromatic carbocycles. The summed E-state index contributed by atoms with van der Waals surface area (Å²) in [4.78, 5) is 13.9. The third-order valence-corrected chi connectivity index (χ3v) is 2.93. The van der Waals surface area contributed by atoms with E-state index < -0.39 is 0 Å². The largest absolute Gasteiger partial charge is 0.464 e. The van der Waals surface area contributed by atoms with Gasteiger partial charge in [-0.2, -0.15) is 0 Å². The summed E-state index contributed by atoms with van der Waals surface area (Å²) in [7, 11) is 0. The van der Waals surface area contributed by atoms with Crippen LogP contribution in [0.4, 0.5) is 4.79 Å². The van der Waals surface area contributed by atoms with Crippen molar-refractivity contribution in [3.8, 4) is 5.75 Å². The predicted octanol–water partition coefficient (Wildman–Crippen LogP) is 4.00. The molecule has 1 heterocycles. The Morgan fingerprint density at radius 2 is 1.90 bits per heavy atom. The number of furan rings is 1. The number of hydrogen-bond acceptors (Lipinski definition) is 3. The molecular weight excluding hydrogens is 254 g/mol. The zero-order valence-electron chi connectivity index (χ0n) is 12.0. The number of aryl methyl sites for hydroxylation is 1. The van der Waals surface area contributed by atoms with E-state index in [2.05, 4.69) is 0 Å². The van der Waals surface area contributed by atoms with Gasteiger partial charge in [0, 0.05) is 6.04 Å². The van der Waals surface area contributed by atoms with Crippen molar-refractivity contribution in [3.63, 3.8) is 0 Å². The van der Waals surface area contributed by atoms with Crippen molar-refractivity contribution in [3.05, 3.63) is 54.0 Å². The summed E-state index contributed by atoms with van der Waals surface area (Å²) < 4.78 is 10.9. The van der Waals surface area contributed by atoms with Gasteiger partial charge in [-0.05, 0) is 45.0 Å². The number of ether oxygens (including phenoxy) is 1. The maximum Gasteiger partial charge on any atom is 0.415 e. The van der Waals surface area contributed by atoms with Gasteiger partial charge in [-0.25, -0.2) is 4.79 Å². The Morgan fingerprint density at radius 1 is 1.20 bits per heavy atom. The smallest absolute Gasteiger partial charge is 0.415 e. The molecule has 0 fully saturated rings. The van der Waals surface area contributed by atoms with Crippen molar-refractivity contribution in [2.24, 2.45) is 0 Å². The summed E-state index contributed by atoms with van der Waals surface area (Å²) in [6, 6.07) is 12.8. The molecule has 0 aliphatic heterocycles. The van der Waals surface area contributed by atoms with E-state index in [9.17, 15) is 4.79 Å². The average molecular weight is 273 g/mol. The molecule has 0 N–H and O–H groups in total. The fourth-order valence-electron chi connectivity index (χ4n) is 1.84. The molecule has 106 valence electrons. The Balaban J connectivity index is 2.06. The standard InChI is InChI=1S/C16H19NO3/c1-12(2)17(11-15-10-9-13(3)19-15)16(18)20-14-7-5-4-6-8-14/h4-10,12H,11H2,1-3H3. The molecule has 0 bridgehead atoms. The van der Waals surface area contributed by atoms with Gasteiger partial charge < -0.3 is 9.15 Å². The van der Waals surface area contributed by atoms with Crippen molar-refractivity contribution in [1.82, 2.24) is 4.90 Å². The Labute approximate surface area is 119 Å². The summed E-state index contributed by atoms with van der Waals surface area (Å²) in [5.74, 6) is 2.13. The zero-order chi connectivity index (χ0) is 14.5. The maximum atomic E-state index is 12.2. The van der Waals surface area contributed by atoms with Gasteiger partial charge in [0.2, 0.25) is 0 Å². The van der Waals surface area contributed by atoms with Gasteiger partial charge >= 0.3 is 6.09 Å². The van der Waals surface area contributed by atoms with Crippen LogP contribution in [-0.2, 0) is 6.54 Å². The number of amides is 1. The summed E-state index contributed by atoms with van der Waals surface area (Å²) in [6.07, 6.45) is -0.375. The first-order valence-electron chi connectivity index (χ1n) is 6.65. The first-order valence-corrected chi connectivity index (χ1v) is 6.65. The van der Waals surface area contributed by atoms with Gasteiger partial charge in [-0.3, -0.25) is 4.90 Å². The lowest BCUT2D eigenvalue weighted by molar-refractivity contribution is 0.130. The Bertz CT molecular complexity index is 560. The van der Waals surface area contributed by atoms with E-state index in [0.29, 0.717) is 12.3 Å². The normalized spacial score (nSPS) is 10.6. The molecule has 1 amide bonds. The van der Waals surface area contributed by atoms with Crippen LogP contribution >= 0.6 is 0 Å². The van der Waals surface area contributed by atoms with Crippen LogP contribution in [0.15, 0.2) is 46.9 Å². The molecule has 1 aromatic heterocycles. The SMILES string of the molecule is Cc1ccc(CN(C(=O)Oc2ccccc2)C(C)C)o1. The third-order valence-electron chi connectivity index (χ3n) is 2.93. The number of nitrogens with zero attached hydrogens (tertiary/aromatic N) is 1. The molecule has 0 atom stereocenters. The molecule has 0 saturated carbocycles. The molecule has 0 unspecified atom stereocenters. The summed E-state index contributed by atoms with van der Waals surface area (Å²) in [6.45, 7) is 6.17. The van der Waals surface area contributed by atoms with Crippen LogP contribution < -0.4 is 4.74 Å². The van der Waals surface area contributed by atoms with Crippen molar-refractivity contribution in [2.75, 3.05) is 0 Å². The van der Waals surface area contributed by atoms with E-state index in [1.54, 1.807) is 17.0 Å². The lowest BCUT2D eigenvalue weighted by atomic mass is 10.3. The van der Waals surface area contributed by atoms with Crippen LogP contribution in [-0.4, -0.2) is 17.0 Å². The van der Waals surface area contributed by atoms with Crippen molar-refractivity contribution in [1.29, 1.82) is 0 Å². The lowest BCUT2D eigenvalue weighted by Crippen LogP contribution is -2.38. The van der Waals surface area contributed by atoms with Gasteiger partial charge in [0.15, 0.2) is 0 Å². The summed E-state index contributed by atoms with van der Waals surface area (Å²) in [5, 5.41) is 0. The van der Waals surface area contributed by atoms with Gasteiger partial charge in [0.05, 0.1) is 6.54 Å². The Hall–Kier alpha value is -2.23. The number of carbonyl (C=O) groups is 1. The van der Waals surface area contributed by atoms with Gasteiger partial charge in [-0.1, -0.05) is 18.2 Å². The van der Waals surface area contributed by atoms with Crippen LogP contribution in [0, 0.1) is 6.92 Å². The molecule has 0 spiro atoms. The molecule has 2 rings (SSSR count). The summed E-state index contributed by atoms with van der Waals surface area (Å²) >= 11 is 0. The van der Waals surface area contributed by atoms with Crippen LogP contribution in [0.25, 0.3) is 0 Å². The molecule has 2 aromatic rings. The molecule has 0 radical (unpaired) electrons. The fraction of sp³-hybridized carbons (Fsp3) is 0.312. The van der Waals surface area contributed by atoms with E-state index in [1.165, 1.54) is 0 Å². The second-order valence-electron chi connectivity index (χ2n) is 4.92. The van der Waals surface area contributed by atoms with E-state index in [-0.39, 0.29) is 12.1 Å². The highest BCUT2D eigenvalue weighted by atomic mass is 16.6. The van der Waals surface area contributed by atoms with E-state index in [4.69, 9.17) is 9.15 Å². The molecule has 0 aliphatic rings. The predicted molar refractivity (Wildman–Crippen MR) is 76.6 cm³/mol. The van der Waals surface area contributed by atoms with Crippen LogP contribution in [0.3, 0.4) is 0 Å². The molecule has 4 heteroatoms. The minimum absolute atomic E-state index is 0.0246. The van der Waals surface area contributed by atoms with E-state index in [0.717, 1.165) is 11.5 Å². The highest BCUT2D eigenvalue weighted by Crippen LogP contribution is 2.15. The minimum Gasteiger partial charge on any atom is -0.464 e. The van der Waals surface area contributed by atoms with Crippen molar-refractivity contribution in [2.45, 2.75) is 33.4 Å². The number of hydrogen-bond donors (Lipinski definition) is 0. The Morgan fingerprint density at radius 3 is 2.45 bits per heavy atom. The van der Waals surface area contributed by atoms with Crippen LogP contribution in [0.5, 0.6) is 5.75 Å². The number of benzene rings is 1.